The maximum atomic E-state index is 2.59. The molecule has 4 aliphatic rings. The summed E-state index contributed by atoms with van der Waals surface area (Å²) in [6.07, 6.45) is 18.1. The minimum absolute atomic E-state index is 1.10. The summed E-state index contributed by atoms with van der Waals surface area (Å²) in [5.74, 6) is 6.88. The van der Waals surface area contributed by atoms with Crippen molar-refractivity contribution in [1.29, 1.82) is 0 Å². The van der Waals surface area contributed by atoms with Gasteiger partial charge in [0.2, 0.25) is 0 Å². The summed E-state index contributed by atoms with van der Waals surface area (Å²) in [7, 11) is 0. The smallest absolute Gasteiger partial charge is 0.0352 e. The maximum Gasteiger partial charge on any atom is -0.0352 e. The third-order valence-electron chi connectivity index (χ3n) is 6.89. The summed E-state index contributed by atoms with van der Waals surface area (Å²) in [4.78, 5) is 0. The van der Waals surface area contributed by atoms with Crippen molar-refractivity contribution in [2.24, 2.45) is 35.5 Å². The van der Waals surface area contributed by atoms with Crippen LogP contribution in [0.4, 0.5) is 0 Å². The predicted octanol–water partition coefficient (Wildman–Crippen LogP) is 4.84. The van der Waals surface area contributed by atoms with Gasteiger partial charge in [0.15, 0.2) is 0 Å². The van der Waals surface area contributed by atoms with Crippen LogP contribution in [0.25, 0.3) is 0 Å². The molecule has 0 N–H and O–H groups in total. The van der Waals surface area contributed by atoms with E-state index in [1.807, 2.05) is 0 Å². The molecule has 1 radical (unpaired) electrons. The zero-order valence-electron chi connectivity index (χ0n) is 11.1. The van der Waals surface area contributed by atoms with Crippen LogP contribution in [-0.4, -0.2) is 0 Å². The average Bonchev–Trinajstić information content (AvgIpc) is 2.86. The normalized spacial score (nSPS) is 53.6. The Morgan fingerprint density at radius 2 is 1.35 bits per heavy atom. The van der Waals surface area contributed by atoms with Crippen LogP contribution < -0.4 is 0 Å². The Balaban J connectivity index is 1.56. The van der Waals surface area contributed by atoms with E-state index in [2.05, 4.69) is 6.42 Å². The van der Waals surface area contributed by atoms with Crippen molar-refractivity contribution < 1.29 is 0 Å². The number of hydrogen-bond acceptors (Lipinski definition) is 0. The molecule has 0 nitrogen and oxygen atoms in total. The second kappa shape index (κ2) is 4.28. The van der Waals surface area contributed by atoms with E-state index in [9.17, 15) is 0 Å². The molecular formula is C17H27. The van der Waals surface area contributed by atoms with Crippen LogP contribution in [0.5, 0.6) is 0 Å². The van der Waals surface area contributed by atoms with E-state index in [-0.39, 0.29) is 0 Å². The van der Waals surface area contributed by atoms with Gasteiger partial charge < -0.3 is 0 Å². The lowest BCUT2D eigenvalue weighted by atomic mass is 9.54. The Kier molecular flexibility index (Phi) is 2.74. The minimum atomic E-state index is 1.10. The van der Waals surface area contributed by atoms with E-state index in [0.717, 1.165) is 29.6 Å². The third kappa shape index (κ3) is 1.70. The standard InChI is InChI=1S/C17H27/c1-2-6-14-12(4-1)8-10-17-15-7-3-5-13(15)9-11-16(14)17/h1,12-17H,2-11H2. The summed E-state index contributed by atoms with van der Waals surface area (Å²) < 4.78 is 0. The van der Waals surface area contributed by atoms with Gasteiger partial charge in [0.1, 0.15) is 0 Å². The fourth-order valence-corrected chi connectivity index (χ4v) is 6.24. The highest BCUT2D eigenvalue weighted by Gasteiger charge is 2.48. The fraction of sp³-hybridized carbons (Fsp3) is 0.941. The summed E-state index contributed by atoms with van der Waals surface area (Å²) in [6.45, 7) is 0. The Morgan fingerprint density at radius 1 is 0.588 bits per heavy atom. The maximum absolute atomic E-state index is 2.59. The van der Waals surface area contributed by atoms with E-state index >= 15 is 0 Å². The molecule has 4 aliphatic carbocycles. The average molecular weight is 231 g/mol. The molecular weight excluding hydrogens is 204 g/mol. The van der Waals surface area contributed by atoms with Crippen LogP contribution in [-0.2, 0) is 0 Å². The Hall–Kier alpha value is 0. The highest BCUT2D eigenvalue weighted by atomic mass is 14.5. The molecule has 0 amide bonds. The largest absolute Gasteiger partial charge is 0.0527 e. The van der Waals surface area contributed by atoms with Crippen molar-refractivity contribution in [1.82, 2.24) is 0 Å². The fourth-order valence-electron chi connectivity index (χ4n) is 6.24. The summed E-state index contributed by atoms with van der Waals surface area (Å²) >= 11 is 0. The van der Waals surface area contributed by atoms with E-state index in [4.69, 9.17) is 0 Å². The first-order chi connectivity index (χ1) is 8.43. The first-order valence-electron chi connectivity index (χ1n) is 8.25. The van der Waals surface area contributed by atoms with Crippen molar-refractivity contribution in [3.05, 3.63) is 6.42 Å². The van der Waals surface area contributed by atoms with Gasteiger partial charge in [0, 0.05) is 0 Å². The molecule has 95 valence electrons. The van der Waals surface area contributed by atoms with Gasteiger partial charge in [0.05, 0.1) is 0 Å². The quantitative estimate of drug-likeness (QED) is 0.559. The van der Waals surface area contributed by atoms with Crippen molar-refractivity contribution >= 4 is 0 Å². The first-order valence-corrected chi connectivity index (χ1v) is 8.25. The Labute approximate surface area is 107 Å². The molecule has 0 aromatic heterocycles. The minimum Gasteiger partial charge on any atom is -0.0527 e. The molecule has 0 saturated heterocycles. The molecule has 0 bridgehead atoms. The van der Waals surface area contributed by atoms with Crippen LogP contribution in [0.2, 0.25) is 0 Å². The number of hydrogen-bond donors (Lipinski definition) is 0. The molecule has 4 saturated carbocycles. The van der Waals surface area contributed by atoms with Crippen molar-refractivity contribution in [3.63, 3.8) is 0 Å². The highest BCUT2D eigenvalue weighted by molar-refractivity contribution is 4.99. The summed E-state index contributed by atoms with van der Waals surface area (Å²) in [5, 5.41) is 0. The first kappa shape index (κ1) is 10.9. The molecule has 0 aromatic carbocycles. The molecule has 0 aliphatic heterocycles. The van der Waals surface area contributed by atoms with Gasteiger partial charge in [-0.3, -0.25) is 0 Å². The van der Waals surface area contributed by atoms with Crippen LogP contribution in [0.1, 0.15) is 64.2 Å². The van der Waals surface area contributed by atoms with Gasteiger partial charge in [-0.25, -0.2) is 0 Å². The van der Waals surface area contributed by atoms with E-state index < -0.39 is 0 Å². The molecule has 6 unspecified atom stereocenters. The lowest BCUT2D eigenvalue weighted by Gasteiger charge is -2.51. The predicted molar refractivity (Wildman–Crippen MR) is 71.4 cm³/mol. The summed E-state index contributed by atoms with van der Waals surface area (Å²) in [6, 6.07) is 0. The molecule has 4 fully saturated rings. The molecule has 0 aromatic rings. The lowest BCUT2D eigenvalue weighted by molar-refractivity contribution is -0.0117. The molecule has 6 atom stereocenters. The monoisotopic (exact) mass is 231 g/mol. The Morgan fingerprint density at radius 3 is 2.24 bits per heavy atom. The van der Waals surface area contributed by atoms with E-state index in [1.165, 1.54) is 18.8 Å². The van der Waals surface area contributed by atoms with Gasteiger partial charge in [-0.15, -0.1) is 0 Å². The van der Waals surface area contributed by atoms with Gasteiger partial charge in [-0.1, -0.05) is 12.8 Å². The van der Waals surface area contributed by atoms with Gasteiger partial charge in [-0.05, 0) is 93.3 Å². The van der Waals surface area contributed by atoms with E-state index in [1.54, 1.807) is 51.4 Å². The van der Waals surface area contributed by atoms with Crippen molar-refractivity contribution in [2.75, 3.05) is 0 Å². The van der Waals surface area contributed by atoms with Crippen LogP contribution in [0.3, 0.4) is 0 Å². The molecule has 17 heavy (non-hydrogen) atoms. The van der Waals surface area contributed by atoms with Crippen molar-refractivity contribution in [2.45, 2.75) is 64.2 Å². The summed E-state index contributed by atoms with van der Waals surface area (Å²) in [5.41, 5.74) is 0. The molecule has 0 heteroatoms. The zero-order chi connectivity index (χ0) is 11.2. The van der Waals surface area contributed by atoms with Crippen molar-refractivity contribution in [3.8, 4) is 0 Å². The van der Waals surface area contributed by atoms with Gasteiger partial charge in [-0.2, -0.15) is 0 Å². The second-order valence-electron chi connectivity index (χ2n) is 7.36. The second-order valence-corrected chi connectivity index (χ2v) is 7.36. The highest BCUT2D eigenvalue weighted by Crippen LogP contribution is 2.57. The lowest BCUT2D eigenvalue weighted by Crippen LogP contribution is -2.43. The Bertz CT molecular complexity index is 282. The van der Waals surface area contributed by atoms with Gasteiger partial charge in [0.25, 0.3) is 0 Å². The van der Waals surface area contributed by atoms with Crippen LogP contribution >= 0.6 is 0 Å². The van der Waals surface area contributed by atoms with Crippen LogP contribution in [0.15, 0.2) is 0 Å². The van der Waals surface area contributed by atoms with Gasteiger partial charge >= 0.3 is 0 Å². The molecule has 0 heterocycles. The molecule has 4 rings (SSSR count). The topological polar surface area (TPSA) is 0 Å². The third-order valence-corrected chi connectivity index (χ3v) is 6.89. The molecule has 0 spiro atoms. The SMILES string of the molecule is [CH]1CCC2C(C1)CCC1C3CCCC3CCC21. The van der Waals surface area contributed by atoms with Crippen LogP contribution in [0, 0.1) is 41.9 Å². The number of fused-ring (bicyclic) bond motifs is 5. The van der Waals surface area contributed by atoms with E-state index in [0.29, 0.717) is 0 Å². The number of rotatable bonds is 0. The zero-order valence-corrected chi connectivity index (χ0v) is 11.1.